The molecule has 31 heavy (non-hydrogen) atoms. The van der Waals surface area contributed by atoms with E-state index >= 15 is 0 Å². The lowest BCUT2D eigenvalue weighted by Crippen LogP contribution is -2.41. The fourth-order valence-electron chi connectivity index (χ4n) is 3.13. The van der Waals surface area contributed by atoms with Crippen molar-refractivity contribution in [3.63, 3.8) is 0 Å². The van der Waals surface area contributed by atoms with Gasteiger partial charge in [-0.05, 0) is 12.1 Å². The molecule has 0 aliphatic carbocycles. The van der Waals surface area contributed by atoms with Gasteiger partial charge in [0, 0.05) is 20.2 Å². The Kier molecular flexibility index (Phi) is 7.14. The number of carbonyl (C=O) groups is 1. The van der Waals surface area contributed by atoms with Crippen LogP contribution in [0.25, 0.3) is 0 Å². The summed E-state index contributed by atoms with van der Waals surface area (Å²) in [6.45, 7) is 0.912. The second-order valence-corrected chi connectivity index (χ2v) is 6.80. The third kappa shape index (κ3) is 5.15. The van der Waals surface area contributed by atoms with E-state index in [1.165, 1.54) is 31.3 Å². The minimum atomic E-state index is -0.625. The summed E-state index contributed by atoms with van der Waals surface area (Å²) in [7, 11) is 4.46. The molecular weight excluding hydrogens is 408 g/mol. The van der Waals surface area contributed by atoms with Crippen molar-refractivity contribution in [3.05, 3.63) is 52.1 Å². The van der Waals surface area contributed by atoms with E-state index in [1.54, 1.807) is 19.2 Å². The molecular formula is C21H24N2O8. The molecule has 10 heteroatoms. The van der Waals surface area contributed by atoms with Crippen molar-refractivity contribution < 1.29 is 33.4 Å². The number of carbonyl (C=O) groups excluding carboxylic acids is 1. The predicted octanol–water partition coefficient (Wildman–Crippen LogP) is 2.54. The first-order valence-corrected chi connectivity index (χ1v) is 9.56. The Morgan fingerprint density at radius 1 is 1.19 bits per heavy atom. The van der Waals surface area contributed by atoms with Crippen LogP contribution >= 0.6 is 0 Å². The molecule has 1 unspecified atom stereocenters. The van der Waals surface area contributed by atoms with Gasteiger partial charge in [0.15, 0.2) is 29.1 Å². The van der Waals surface area contributed by atoms with Crippen LogP contribution in [0.4, 0.5) is 5.69 Å². The Bertz CT molecular complexity index is 949. The second kappa shape index (κ2) is 9.98. The maximum absolute atomic E-state index is 13.0. The molecule has 0 fully saturated rings. The number of hydrogen-bond acceptors (Lipinski definition) is 8. The first kappa shape index (κ1) is 22.2. The normalized spacial score (nSPS) is 14.6. The number of fused-ring (bicyclic) bond motifs is 1. The summed E-state index contributed by atoms with van der Waals surface area (Å²) in [6, 6.07) is 9.74. The maximum Gasteiger partial charge on any atom is 0.286 e. The van der Waals surface area contributed by atoms with Crippen molar-refractivity contribution in [1.82, 2.24) is 4.90 Å². The molecule has 0 radical (unpaired) electrons. The quantitative estimate of drug-likeness (QED) is 0.338. The number of benzene rings is 2. The SMILES string of the molecule is COCCOc1cc([N+](=O)[O-])c(C(=O)N(C)CC2COc3ccccc3O2)cc1OC. The molecule has 2 aromatic carbocycles. The fourth-order valence-corrected chi connectivity index (χ4v) is 3.13. The molecule has 0 spiro atoms. The molecule has 1 atom stereocenters. The van der Waals surface area contributed by atoms with E-state index in [2.05, 4.69) is 0 Å². The van der Waals surface area contributed by atoms with E-state index < -0.39 is 16.9 Å². The molecule has 2 aromatic rings. The van der Waals surface area contributed by atoms with Gasteiger partial charge in [-0.25, -0.2) is 0 Å². The first-order valence-electron chi connectivity index (χ1n) is 9.56. The minimum Gasteiger partial charge on any atom is -0.493 e. The number of para-hydroxylation sites is 2. The monoisotopic (exact) mass is 432 g/mol. The topological polar surface area (TPSA) is 110 Å². The highest BCUT2D eigenvalue weighted by molar-refractivity contribution is 5.99. The van der Waals surface area contributed by atoms with E-state index in [1.807, 2.05) is 12.1 Å². The van der Waals surface area contributed by atoms with Gasteiger partial charge in [-0.3, -0.25) is 14.9 Å². The smallest absolute Gasteiger partial charge is 0.286 e. The van der Waals surface area contributed by atoms with Crippen LogP contribution < -0.4 is 18.9 Å². The van der Waals surface area contributed by atoms with Crippen molar-refractivity contribution in [2.24, 2.45) is 0 Å². The summed E-state index contributed by atoms with van der Waals surface area (Å²) in [5, 5.41) is 11.6. The van der Waals surface area contributed by atoms with Crippen molar-refractivity contribution in [1.29, 1.82) is 0 Å². The molecule has 0 saturated heterocycles. The molecule has 1 amide bonds. The lowest BCUT2D eigenvalue weighted by Gasteiger charge is -2.29. The van der Waals surface area contributed by atoms with Gasteiger partial charge in [0.2, 0.25) is 0 Å². The molecule has 10 nitrogen and oxygen atoms in total. The van der Waals surface area contributed by atoms with Gasteiger partial charge in [0.05, 0.1) is 31.3 Å². The van der Waals surface area contributed by atoms with Gasteiger partial charge in [-0.2, -0.15) is 0 Å². The van der Waals surface area contributed by atoms with Crippen LogP contribution in [0.5, 0.6) is 23.0 Å². The van der Waals surface area contributed by atoms with Crippen LogP contribution in [0.2, 0.25) is 0 Å². The van der Waals surface area contributed by atoms with Crippen LogP contribution in [0.15, 0.2) is 36.4 Å². The highest BCUT2D eigenvalue weighted by atomic mass is 16.6. The minimum absolute atomic E-state index is 0.111. The third-order valence-corrected chi connectivity index (χ3v) is 4.65. The Balaban J connectivity index is 1.78. The Morgan fingerprint density at radius 2 is 1.94 bits per heavy atom. The zero-order chi connectivity index (χ0) is 22.4. The van der Waals surface area contributed by atoms with Gasteiger partial charge < -0.3 is 28.6 Å². The average molecular weight is 432 g/mol. The number of methoxy groups -OCH3 is 2. The number of nitro groups is 1. The van der Waals surface area contributed by atoms with E-state index in [0.29, 0.717) is 18.1 Å². The van der Waals surface area contributed by atoms with Crippen molar-refractivity contribution in [3.8, 4) is 23.0 Å². The van der Waals surface area contributed by atoms with E-state index in [0.717, 1.165) is 0 Å². The molecule has 0 saturated carbocycles. The lowest BCUT2D eigenvalue weighted by molar-refractivity contribution is -0.385. The largest absolute Gasteiger partial charge is 0.493 e. The molecule has 1 aliphatic rings. The van der Waals surface area contributed by atoms with Gasteiger partial charge in [-0.15, -0.1) is 0 Å². The summed E-state index contributed by atoms with van der Waals surface area (Å²) in [4.78, 5) is 25.4. The van der Waals surface area contributed by atoms with E-state index in [9.17, 15) is 14.9 Å². The molecule has 1 heterocycles. The first-order chi connectivity index (χ1) is 14.9. The highest BCUT2D eigenvalue weighted by Crippen LogP contribution is 2.36. The molecule has 0 bridgehead atoms. The Labute approximate surface area is 179 Å². The summed E-state index contributed by atoms with van der Waals surface area (Å²) in [5.74, 6) is 1.05. The fraction of sp³-hybridized carbons (Fsp3) is 0.381. The number of nitrogens with zero attached hydrogens (tertiary/aromatic N) is 2. The summed E-state index contributed by atoms with van der Waals surface area (Å²) >= 11 is 0. The second-order valence-electron chi connectivity index (χ2n) is 6.80. The van der Waals surface area contributed by atoms with Crippen LogP contribution in [-0.2, 0) is 4.74 Å². The summed E-state index contributed by atoms with van der Waals surface area (Å²) < 4.78 is 27.2. The van der Waals surface area contributed by atoms with Crippen LogP contribution in [-0.4, -0.2) is 69.5 Å². The van der Waals surface area contributed by atoms with E-state index in [-0.39, 0.29) is 42.5 Å². The number of amides is 1. The number of rotatable bonds is 9. The van der Waals surface area contributed by atoms with Crippen LogP contribution in [0.1, 0.15) is 10.4 Å². The van der Waals surface area contributed by atoms with Gasteiger partial charge in [0.1, 0.15) is 18.8 Å². The lowest BCUT2D eigenvalue weighted by atomic mass is 10.1. The highest BCUT2D eigenvalue weighted by Gasteiger charge is 2.29. The molecule has 0 aromatic heterocycles. The number of likely N-dealkylation sites (N-methyl/N-ethyl adjacent to an activating group) is 1. The molecule has 3 rings (SSSR count). The predicted molar refractivity (Wildman–Crippen MR) is 110 cm³/mol. The zero-order valence-electron chi connectivity index (χ0n) is 17.5. The Hall–Kier alpha value is -3.53. The van der Waals surface area contributed by atoms with Gasteiger partial charge in [0.25, 0.3) is 11.6 Å². The molecule has 1 aliphatic heterocycles. The van der Waals surface area contributed by atoms with Gasteiger partial charge in [-0.1, -0.05) is 12.1 Å². The van der Waals surface area contributed by atoms with Gasteiger partial charge >= 0.3 is 0 Å². The van der Waals surface area contributed by atoms with E-state index in [4.69, 9.17) is 23.7 Å². The summed E-state index contributed by atoms with van der Waals surface area (Å²) in [6.07, 6.45) is -0.415. The zero-order valence-corrected chi connectivity index (χ0v) is 17.5. The average Bonchev–Trinajstić information content (AvgIpc) is 2.78. The van der Waals surface area contributed by atoms with Crippen LogP contribution in [0, 0.1) is 10.1 Å². The number of hydrogen-bond donors (Lipinski definition) is 0. The van der Waals surface area contributed by atoms with Crippen molar-refractivity contribution >= 4 is 11.6 Å². The number of nitro benzene ring substituents is 1. The molecule has 0 N–H and O–H groups in total. The Morgan fingerprint density at radius 3 is 2.61 bits per heavy atom. The third-order valence-electron chi connectivity index (χ3n) is 4.65. The van der Waals surface area contributed by atoms with Crippen molar-refractivity contribution in [2.75, 3.05) is 47.6 Å². The maximum atomic E-state index is 13.0. The standard InChI is InChI=1S/C21H24N2O8/c1-22(12-14-13-30-17-6-4-5-7-18(17)31-14)21(24)15-10-19(28-3)20(29-9-8-27-2)11-16(15)23(25)26/h4-7,10-11,14H,8-9,12-13H2,1-3H3. The number of ether oxygens (including phenoxy) is 5. The summed E-state index contributed by atoms with van der Waals surface area (Å²) in [5.41, 5.74) is -0.489. The van der Waals surface area contributed by atoms with Crippen LogP contribution in [0.3, 0.4) is 0 Å². The van der Waals surface area contributed by atoms with Crippen molar-refractivity contribution in [2.45, 2.75) is 6.10 Å². The molecule has 166 valence electrons.